The van der Waals surface area contributed by atoms with Crippen LogP contribution in [0.4, 0.5) is 0 Å². The molecular formula is C74H114O6. The first-order valence-electron chi connectivity index (χ1n) is 31.8. The third-order valence-electron chi connectivity index (χ3n) is 12.7. The zero-order chi connectivity index (χ0) is 57.8. The Bertz CT molecular complexity index is 1890. The van der Waals surface area contributed by atoms with Crippen molar-refractivity contribution >= 4 is 17.9 Å². The van der Waals surface area contributed by atoms with E-state index in [1.54, 1.807) is 0 Å². The van der Waals surface area contributed by atoms with Crippen LogP contribution in [0.25, 0.3) is 0 Å². The molecule has 0 aliphatic carbocycles. The largest absolute Gasteiger partial charge is 0.462 e. The van der Waals surface area contributed by atoms with Gasteiger partial charge in [-0.15, -0.1) is 0 Å². The molecule has 0 N–H and O–H groups in total. The molecule has 0 fully saturated rings. The van der Waals surface area contributed by atoms with Gasteiger partial charge in [-0.3, -0.25) is 14.4 Å². The van der Waals surface area contributed by atoms with Crippen molar-refractivity contribution < 1.29 is 28.6 Å². The summed E-state index contributed by atoms with van der Waals surface area (Å²) < 4.78 is 16.7. The Labute approximate surface area is 491 Å². The fraction of sp³-hybridized carbons (Fsp3) is 0.554. The zero-order valence-corrected chi connectivity index (χ0v) is 51.0. The third-order valence-corrected chi connectivity index (χ3v) is 12.7. The summed E-state index contributed by atoms with van der Waals surface area (Å²) >= 11 is 0. The van der Waals surface area contributed by atoms with E-state index >= 15 is 0 Å². The molecule has 0 aromatic rings. The maximum atomic E-state index is 12.8. The lowest BCUT2D eigenvalue weighted by molar-refractivity contribution is -0.167. The number of hydrogen-bond acceptors (Lipinski definition) is 6. The van der Waals surface area contributed by atoms with Crippen LogP contribution >= 0.6 is 0 Å². The number of rotatable bonds is 55. The van der Waals surface area contributed by atoms with Crippen molar-refractivity contribution in [3.8, 4) is 0 Å². The number of allylic oxidation sites excluding steroid dienone is 30. The Kier molecular flexibility index (Phi) is 61.5. The van der Waals surface area contributed by atoms with Crippen molar-refractivity contribution in [3.05, 3.63) is 182 Å². The van der Waals surface area contributed by atoms with Crippen molar-refractivity contribution in [1.82, 2.24) is 0 Å². The fourth-order valence-corrected chi connectivity index (χ4v) is 7.97. The molecule has 0 spiro atoms. The van der Waals surface area contributed by atoms with E-state index in [2.05, 4.69) is 203 Å². The molecule has 0 aliphatic heterocycles. The number of unbranched alkanes of at least 4 members (excludes halogenated alkanes) is 14. The molecule has 0 amide bonds. The van der Waals surface area contributed by atoms with E-state index in [-0.39, 0.29) is 37.5 Å². The van der Waals surface area contributed by atoms with E-state index in [4.69, 9.17) is 14.2 Å². The van der Waals surface area contributed by atoms with E-state index in [0.717, 1.165) is 154 Å². The van der Waals surface area contributed by atoms with Gasteiger partial charge in [0.05, 0.1) is 0 Å². The first-order valence-corrected chi connectivity index (χ1v) is 31.8. The van der Waals surface area contributed by atoms with Crippen LogP contribution in [0.15, 0.2) is 182 Å². The van der Waals surface area contributed by atoms with Crippen LogP contribution in [0.2, 0.25) is 0 Å². The van der Waals surface area contributed by atoms with Crippen molar-refractivity contribution in [3.63, 3.8) is 0 Å². The minimum atomic E-state index is -0.814. The highest BCUT2D eigenvalue weighted by Gasteiger charge is 2.19. The molecule has 0 saturated heterocycles. The predicted octanol–water partition coefficient (Wildman–Crippen LogP) is 22.0. The molecule has 80 heavy (non-hydrogen) atoms. The molecule has 6 heteroatoms. The summed E-state index contributed by atoms with van der Waals surface area (Å²) in [4.78, 5) is 38.0. The Hall–Kier alpha value is -5.49. The Morgan fingerprint density at radius 1 is 0.263 bits per heavy atom. The van der Waals surface area contributed by atoms with Gasteiger partial charge in [-0.05, 0) is 141 Å². The number of carbonyl (C=O) groups excluding carboxylic acids is 3. The van der Waals surface area contributed by atoms with Gasteiger partial charge in [-0.25, -0.2) is 0 Å². The van der Waals surface area contributed by atoms with Crippen molar-refractivity contribution in [2.24, 2.45) is 0 Å². The topological polar surface area (TPSA) is 78.9 Å². The summed E-state index contributed by atoms with van der Waals surface area (Å²) in [5.41, 5.74) is 0. The van der Waals surface area contributed by atoms with Crippen LogP contribution in [0.5, 0.6) is 0 Å². The van der Waals surface area contributed by atoms with Crippen LogP contribution < -0.4 is 0 Å². The smallest absolute Gasteiger partial charge is 0.306 e. The molecular weight excluding hydrogens is 985 g/mol. The molecule has 446 valence electrons. The minimum absolute atomic E-state index is 0.108. The highest BCUT2D eigenvalue weighted by atomic mass is 16.6. The average Bonchev–Trinajstić information content (AvgIpc) is 3.46. The predicted molar refractivity (Wildman–Crippen MR) is 348 cm³/mol. The molecule has 0 aromatic carbocycles. The van der Waals surface area contributed by atoms with E-state index in [1.165, 1.54) is 44.9 Å². The van der Waals surface area contributed by atoms with Gasteiger partial charge in [-0.2, -0.15) is 0 Å². The SMILES string of the molecule is CC/C=C\C/C=C\C/C=C\C/C=C\C/C=C\C/C=C\C/C=C\C/C=C\CCCCC(=O)OC(COC(=O)CCCCCCCC)COC(=O)CCCCCCCCC/C=C\C/C=C\C/C=C\C/C=C\C/C=C\C/C=C\C/C=C\CC. The summed E-state index contributed by atoms with van der Waals surface area (Å²) in [6.45, 7) is 6.29. The first kappa shape index (κ1) is 74.5. The van der Waals surface area contributed by atoms with E-state index < -0.39 is 6.10 Å². The maximum Gasteiger partial charge on any atom is 0.306 e. The van der Waals surface area contributed by atoms with Crippen molar-refractivity contribution in [1.29, 1.82) is 0 Å². The number of ether oxygens (including phenoxy) is 3. The van der Waals surface area contributed by atoms with E-state index in [1.807, 2.05) is 0 Å². The van der Waals surface area contributed by atoms with Crippen molar-refractivity contribution in [2.45, 2.75) is 252 Å². The van der Waals surface area contributed by atoms with Gasteiger partial charge in [0.1, 0.15) is 13.2 Å². The van der Waals surface area contributed by atoms with Gasteiger partial charge in [0.15, 0.2) is 6.10 Å². The van der Waals surface area contributed by atoms with Crippen LogP contribution in [-0.2, 0) is 28.6 Å². The third kappa shape index (κ3) is 63.3. The molecule has 0 aromatic heterocycles. The van der Waals surface area contributed by atoms with Crippen LogP contribution in [0.3, 0.4) is 0 Å². The molecule has 1 atom stereocenters. The number of esters is 3. The second-order valence-electron chi connectivity index (χ2n) is 20.2. The Balaban J connectivity index is 4.27. The van der Waals surface area contributed by atoms with Gasteiger partial charge in [0.25, 0.3) is 0 Å². The highest BCUT2D eigenvalue weighted by molar-refractivity contribution is 5.71. The number of hydrogen-bond donors (Lipinski definition) is 0. The lowest BCUT2D eigenvalue weighted by Gasteiger charge is -2.18. The summed E-state index contributed by atoms with van der Waals surface area (Å²) in [6.07, 6.45) is 99.3. The van der Waals surface area contributed by atoms with Gasteiger partial charge in [0, 0.05) is 19.3 Å². The molecule has 0 rings (SSSR count). The van der Waals surface area contributed by atoms with Gasteiger partial charge in [0.2, 0.25) is 0 Å². The second-order valence-corrected chi connectivity index (χ2v) is 20.2. The first-order chi connectivity index (χ1) is 39.5. The van der Waals surface area contributed by atoms with Gasteiger partial charge < -0.3 is 14.2 Å². The summed E-state index contributed by atoms with van der Waals surface area (Å²) in [5.74, 6) is -0.983. The van der Waals surface area contributed by atoms with E-state index in [9.17, 15) is 14.4 Å². The maximum absolute atomic E-state index is 12.8. The lowest BCUT2D eigenvalue weighted by atomic mass is 10.1. The van der Waals surface area contributed by atoms with Crippen LogP contribution in [-0.4, -0.2) is 37.2 Å². The Morgan fingerprint density at radius 3 is 0.787 bits per heavy atom. The summed E-state index contributed by atoms with van der Waals surface area (Å²) in [6, 6.07) is 0. The van der Waals surface area contributed by atoms with Gasteiger partial charge in [-0.1, -0.05) is 267 Å². The molecule has 0 heterocycles. The minimum Gasteiger partial charge on any atom is -0.462 e. The van der Waals surface area contributed by atoms with E-state index in [0.29, 0.717) is 19.3 Å². The molecule has 6 nitrogen and oxygen atoms in total. The molecule has 0 radical (unpaired) electrons. The summed E-state index contributed by atoms with van der Waals surface area (Å²) in [5, 5.41) is 0. The van der Waals surface area contributed by atoms with Crippen LogP contribution in [0, 0.1) is 0 Å². The molecule has 0 saturated carbocycles. The monoisotopic (exact) mass is 1100 g/mol. The average molecular weight is 1100 g/mol. The molecule has 1 unspecified atom stereocenters. The normalized spacial score (nSPS) is 13.4. The Morgan fingerprint density at radius 2 is 0.487 bits per heavy atom. The molecule has 0 aliphatic rings. The van der Waals surface area contributed by atoms with Crippen molar-refractivity contribution in [2.75, 3.05) is 13.2 Å². The second kappa shape index (κ2) is 66.0. The number of carbonyl (C=O) groups is 3. The standard InChI is InChI=1S/C74H114O6/c1-4-7-10-13-16-18-20-22-24-26-28-30-32-34-36-37-39-40-42-44-46-48-50-52-54-56-58-61-64-67-73(76)79-70-71(69-78-72(75)66-63-60-15-12-9-6-3)80-74(77)68-65-62-59-57-55-53-51-49-47-45-43-41-38-35-33-31-29-27-25-23-21-19-17-14-11-8-5-2/h7-8,10-11,16-19,22-25,28-31,34-36,38-40,43-46,49,51,55,57,71H,4-6,9,12-15,20-21,26-27,32-33,37,41-42,47-48,50,52-54,56,58-70H2,1-3H3/b10-7-,11-8-,18-16-,19-17-,24-22-,25-23-,30-28-,31-29-,36-34-,38-35-,40-39-,45-43-,46-44-,51-49-,57-55-. The quantitative estimate of drug-likeness (QED) is 0.0261. The highest BCUT2D eigenvalue weighted by Crippen LogP contribution is 2.13. The molecule has 0 bridgehead atoms. The van der Waals surface area contributed by atoms with Gasteiger partial charge >= 0.3 is 17.9 Å². The zero-order valence-electron chi connectivity index (χ0n) is 51.0. The lowest BCUT2D eigenvalue weighted by Crippen LogP contribution is -2.30. The van der Waals surface area contributed by atoms with Crippen LogP contribution in [0.1, 0.15) is 245 Å². The fourth-order valence-electron chi connectivity index (χ4n) is 7.97. The summed E-state index contributed by atoms with van der Waals surface area (Å²) in [7, 11) is 0.